The first-order valence-corrected chi connectivity index (χ1v) is 19.7. The first kappa shape index (κ1) is 42.5. The number of fused-ring (bicyclic) bond motifs is 5. The van der Waals surface area contributed by atoms with E-state index in [-0.39, 0.29) is 53.2 Å². The number of rotatable bonds is 11. The summed E-state index contributed by atoms with van der Waals surface area (Å²) in [4.78, 5) is 23.9. The van der Waals surface area contributed by atoms with E-state index >= 15 is 0 Å². The molecular formula is C41H68O12. The lowest BCUT2D eigenvalue weighted by Gasteiger charge is -2.69. The Kier molecular flexibility index (Phi) is 12.1. The van der Waals surface area contributed by atoms with Crippen LogP contribution in [0.2, 0.25) is 0 Å². The van der Waals surface area contributed by atoms with Gasteiger partial charge in [-0.15, -0.1) is 0 Å². The van der Waals surface area contributed by atoms with Gasteiger partial charge in [0.05, 0.1) is 17.8 Å². The molecule has 12 heteroatoms. The highest BCUT2D eigenvalue weighted by atomic mass is 16.7. The highest BCUT2D eigenvalue weighted by Crippen LogP contribution is 2.74. The van der Waals surface area contributed by atoms with Gasteiger partial charge in [-0.2, -0.15) is 0 Å². The molecule has 1 saturated heterocycles. The molecule has 0 spiro atoms. The van der Waals surface area contributed by atoms with Crippen LogP contribution in [0.5, 0.6) is 0 Å². The predicted octanol–water partition coefficient (Wildman–Crippen LogP) is 4.06. The monoisotopic (exact) mass is 752 g/mol. The SMILES string of the molecule is COC(C)(C)[C@@H](O)[C@H](O)C[C@@H](C)[C@@H]1CC=C2[C@@]3(C)[C@@H](O[C@H]4O[C@H](COC(C)=O)[C@H](O)[C@@H](O)[C@@H]4O)C[C@H]4C(C)(C)[C@H](OC(C)=O)CC[C@@]4(C)[C@H]3CC[C@]21C. The van der Waals surface area contributed by atoms with Crippen molar-refractivity contribution in [3.63, 3.8) is 0 Å². The summed E-state index contributed by atoms with van der Waals surface area (Å²) in [6.07, 6.45) is -2.29. The number of esters is 2. The van der Waals surface area contributed by atoms with Gasteiger partial charge >= 0.3 is 11.9 Å². The number of carbonyl (C=O) groups excluding carboxylic acids is 2. The second kappa shape index (κ2) is 15.0. The number of hydrogen-bond acceptors (Lipinski definition) is 12. The predicted molar refractivity (Wildman–Crippen MR) is 195 cm³/mol. The van der Waals surface area contributed by atoms with Crippen LogP contribution < -0.4 is 0 Å². The molecule has 0 bridgehead atoms. The fourth-order valence-corrected chi connectivity index (χ4v) is 12.2. The Balaban J connectivity index is 1.52. The highest BCUT2D eigenvalue weighted by molar-refractivity contribution is 5.66. The van der Waals surface area contributed by atoms with Crippen LogP contribution in [-0.4, -0.2) is 112 Å². The van der Waals surface area contributed by atoms with Crippen LogP contribution in [0.4, 0.5) is 0 Å². The molecule has 0 aromatic carbocycles. The summed E-state index contributed by atoms with van der Waals surface area (Å²) in [6.45, 7) is 19.4. The Bertz CT molecular complexity index is 1380. The Hall–Kier alpha value is -1.64. The summed E-state index contributed by atoms with van der Waals surface area (Å²) >= 11 is 0. The van der Waals surface area contributed by atoms with Gasteiger partial charge in [-0.1, -0.05) is 53.2 Å². The molecule has 0 aromatic heterocycles. The smallest absolute Gasteiger partial charge is 0.302 e. The molecule has 0 amide bonds. The molecule has 4 aliphatic carbocycles. The minimum atomic E-state index is -1.59. The second-order valence-electron chi connectivity index (χ2n) is 19.0. The van der Waals surface area contributed by atoms with Crippen molar-refractivity contribution < 1.29 is 58.8 Å². The van der Waals surface area contributed by atoms with E-state index in [2.05, 4.69) is 47.6 Å². The molecule has 1 aliphatic heterocycles. The van der Waals surface area contributed by atoms with Gasteiger partial charge < -0.3 is 49.2 Å². The number of aliphatic hydroxyl groups excluding tert-OH is 5. The van der Waals surface area contributed by atoms with Gasteiger partial charge in [0.2, 0.25) is 0 Å². The van der Waals surface area contributed by atoms with Gasteiger partial charge in [0.15, 0.2) is 6.29 Å². The topological polar surface area (TPSA) is 181 Å². The van der Waals surface area contributed by atoms with Crippen LogP contribution in [-0.2, 0) is 33.3 Å². The average Bonchev–Trinajstić information content (AvgIpc) is 3.44. The van der Waals surface area contributed by atoms with Gasteiger partial charge in [0.1, 0.15) is 43.2 Å². The maximum Gasteiger partial charge on any atom is 0.302 e. The van der Waals surface area contributed by atoms with Crippen LogP contribution >= 0.6 is 0 Å². The van der Waals surface area contributed by atoms with Crippen molar-refractivity contribution in [1.29, 1.82) is 0 Å². The number of carbonyl (C=O) groups is 2. The third kappa shape index (κ3) is 7.26. The molecule has 5 N–H and O–H groups in total. The number of ether oxygens (including phenoxy) is 5. The van der Waals surface area contributed by atoms with Crippen LogP contribution in [0.15, 0.2) is 11.6 Å². The number of methoxy groups -OCH3 is 1. The lowest BCUT2D eigenvalue weighted by atomic mass is 9.37. The Morgan fingerprint density at radius 2 is 1.60 bits per heavy atom. The quantitative estimate of drug-likeness (QED) is 0.116. The molecule has 16 atom stereocenters. The third-order valence-electron chi connectivity index (χ3n) is 15.3. The van der Waals surface area contributed by atoms with Crippen LogP contribution in [0.3, 0.4) is 0 Å². The van der Waals surface area contributed by atoms with Crippen molar-refractivity contribution in [1.82, 2.24) is 0 Å². The summed E-state index contributed by atoms with van der Waals surface area (Å²) in [7, 11) is 1.53. The second-order valence-corrected chi connectivity index (χ2v) is 19.0. The molecule has 0 aromatic rings. The molecule has 4 fully saturated rings. The normalized spacial score (nSPS) is 44.0. The lowest BCUT2D eigenvalue weighted by Crippen LogP contribution is -2.67. The molecule has 1 heterocycles. The zero-order chi connectivity index (χ0) is 39.6. The fraction of sp³-hybridized carbons (Fsp3) is 0.902. The number of hydrogen-bond donors (Lipinski definition) is 5. The van der Waals surface area contributed by atoms with E-state index < -0.39 is 71.4 Å². The van der Waals surface area contributed by atoms with Gasteiger partial charge in [-0.05, 0) is 93.3 Å². The summed E-state index contributed by atoms with van der Waals surface area (Å²) in [6, 6.07) is 0. The minimum absolute atomic E-state index is 0.0612. The first-order chi connectivity index (χ1) is 24.5. The first-order valence-electron chi connectivity index (χ1n) is 19.7. The molecule has 5 rings (SSSR count). The average molecular weight is 753 g/mol. The fourth-order valence-electron chi connectivity index (χ4n) is 12.2. The summed E-state index contributed by atoms with van der Waals surface area (Å²) in [5.41, 5.74) is -0.954. The van der Waals surface area contributed by atoms with Crippen LogP contribution in [0.25, 0.3) is 0 Å². The Morgan fingerprint density at radius 3 is 2.21 bits per heavy atom. The van der Waals surface area contributed by atoms with E-state index in [1.54, 1.807) is 13.8 Å². The van der Waals surface area contributed by atoms with E-state index in [0.29, 0.717) is 12.8 Å². The zero-order valence-corrected chi connectivity index (χ0v) is 33.8. The number of aliphatic hydroxyl groups is 5. The molecular weight excluding hydrogens is 684 g/mol. The van der Waals surface area contributed by atoms with Gasteiger partial charge in [0.25, 0.3) is 0 Å². The van der Waals surface area contributed by atoms with Gasteiger partial charge in [-0.3, -0.25) is 9.59 Å². The van der Waals surface area contributed by atoms with Crippen molar-refractivity contribution in [2.45, 2.75) is 175 Å². The van der Waals surface area contributed by atoms with E-state index in [1.807, 2.05) is 0 Å². The largest absolute Gasteiger partial charge is 0.463 e. The molecule has 0 radical (unpaired) electrons. The molecule has 0 unspecified atom stereocenters. The van der Waals surface area contributed by atoms with Crippen LogP contribution in [0, 0.1) is 45.3 Å². The Labute approximate surface area is 315 Å². The molecule has 53 heavy (non-hydrogen) atoms. The summed E-state index contributed by atoms with van der Waals surface area (Å²) in [5.74, 6) is -0.410. The van der Waals surface area contributed by atoms with Crippen molar-refractivity contribution in [3.8, 4) is 0 Å². The molecule has 12 nitrogen and oxygen atoms in total. The van der Waals surface area contributed by atoms with E-state index in [9.17, 15) is 35.1 Å². The van der Waals surface area contributed by atoms with E-state index in [0.717, 1.165) is 32.1 Å². The van der Waals surface area contributed by atoms with Gasteiger partial charge in [-0.25, -0.2) is 0 Å². The maximum atomic E-state index is 12.3. The zero-order valence-electron chi connectivity index (χ0n) is 33.8. The van der Waals surface area contributed by atoms with E-state index in [1.165, 1.54) is 26.5 Å². The minimum Gasteiger partial charge on any atom is -0.463 e. The molecule has 304 valence electrons. The molecule has 3 saturated carbocycles. The van der Waals surface area contributed by atoms with Crippen LogP contribution in [0.1, 0.15) is 114 Å². The Morgan fingerprint density at radius 1 is 0.943 bits per heavy atom. The van der Waals surface area contributed by atoms with Crippen molar-refractivity contribution in [2.24, 2.45) is 45.3 Å². The summed E-state index contributed by atoms with van der Waals surface area (Å²) < 4.78 is 29.7. The van der Waals surface area contributed by atoms with Gasteiger partial charge in [0, 0.05) is 31.8 Å². The lowest BCUT2D eigenvalue weighted by molar-refractivity contribution is -0.334. The van der Waals surface area contributed by atoms with E-state index in [4.69, 9.17) is 23.7 Å². The standard InChI is InChI=1S/C41H68O12/c1-21(18-25(44)35(48)38(6,7)49-11)24-12-13-27-39(24,8)16-14-28-40(9)17-15-30(51-23(3)43)37(4,5)29(40)19-31(41(27,28)10)53-36-34(47)33(46)32(45)26(52-36)20-50-22(2)42/h13,21,24-26,28-36,44-48H,12,14-20H2,1-11H3/t21-,24+,25-,26-,28-,29+,30-,31+,32+,33-,34+,35+,36-,39+,40+,41-/m1/s1. The molecule has 5 aliphatic rings. The van der Waals surface area contributed by atoms with Crippen molar-refractivity contribution in [2.75, 3.05) is 13.7 Å². The third-order valence-corrected chi connectivity index (χ3v) is 15.3. The number of allylic oxidation sites excluding steroid dienone is 1. The summed E-state index contributed by atoms with van der Waals surface area (Å²) in [5, 5.41) is 55.2. The van der Waals surface area contributed by atoms with Crippen molar-refractivity contribution in [3.05, 3.63) is 11.6 Å². The maximum absolute atomic E-state index is 12.3. The highest BCUT2D eigenvalue weighted by Gasteiger charge is 2.69. The van der Waals surface area contributed by atoms with Crippen molar-refractivity contribution >= 4 is 11.9 Å².